The number of piperazine rings is 1. The Labute approximate surface area is 107 Å². The second kappa shape index (κ2) is 4.61. The highest BCUT2D eigenvalue weighted by Gasteiger charge is 2.35. The number of carbonyl (C=O) groups excluding carboxylic acids is 1. The highest BCUT2D eigenvalue weighted by atomic mass is 16.2. The summed E-state index contributed by atoms with van der Waals surface area (Å²) in [5.41, 5.74) is 8.22. The molecule has 1 atom stereocenters. The number of anilines is 1. The van der Waals surface area contributed by atoms with Crippen molar-refractivity contribution < 1.29 is 4.79 Å². The molecule has 1 aromatic rings. The molecule has 0 aromatic heterocycles. The van der Waals surface area contributed by atoms with Crippen LogP contribution >= 0.6 is 0 Å². The Bertz CT molecular complexity index is 460. The van der Waals surface area contributed by atoms with Gasteiger partial charge in [-0.1, -0.05) is 18.2 Å². The first kappa shape index (κ1) is 11.5. The van der Waals surface area contributed by atoms with E-state index in [9.17, 15) is 4.79 Å². The maximum atomic E-state index is 11.7. The van der Waals surface area contributed by atoms with Crippen LogP contribution in [0.1, 0.15) is 18.4 Å². The van der Waals surface area contributed by atoms with Gasteiger partial charge in [0, 0.05) is 44.3 Å². The van der Waals surface area contributed by atoms with E-state index in [-0.39, 0.29) is 0 Å². The molecule has 2 saturated heterocycles. The summed E-state index contributed by atoms with van der Waals surface area (Å²) in [5, 5.41) is 0. The van der Waals surface area contributed by atoms with E-state index in [2.05, 4.69) is 23.1 Å². The minimum absolute atomic E-state index is 0.326. The first-order valence-corrected chi connectivity index (χ1v) is 6.62. The van der Waals surface area contributed by atoms with E-state index < -0.39 is 0 Å². The molecule has 1 aromatic carbocycles. The van der Waals surface area contributed by atoms with Crippen molar-refractivity contribution in [3.05, 3.63) is 29.8 Å². The smallest absolute Gasteiger partial charge is 0.223 e. The fourth-order valence-electron chi connectivity index (χ4n) is 3.08. The third kappa shape index (κ3) is 1.86. The van der Waals surface area contributed by atoms with Crippen LogP contribution in [0.4, 0.5) is 5.69 Å². The molecule has 3 rings (SSSR count). The van der Waals surface area contributed by atoms with Gasteiger partial charge in [0.1, 0.15) is 0 Å². The van der Waals surface area contributed by atoms with E-state index >= 15 is 0 Å². The second-order valence-electron chi connectivity index (χ2n) is 5.06. The molecule has 18 heavy (non-hydrogen) atoms. The summed E-state index contributed by atoms with van der Waals surface area (Å²) < 4.78 is 0. The number of hydrogen-bond donors (Lipinski definition) is 1. The van der Waals surface area contributed by atoms with Gasteiger partial charge in [-0.05, 0) is 18.1 Å². The predicted molar refractivity (Wildman–Crippen MR) is 71.3 cm³/mol. The first-order chi connectivity index (χ1) is 8.79. The van der Waals surface area contributed by atoms with Gasteiger partial charge in [0.2, 0.25) is 5.91 Å². The molecule has 0 aliphatic carbocycles. The average molecular weight is 245 g/mol. The molecule has 2 aliphatic rings. The Morgan fingerprint density at radius 2 is 2.11 bits per heavy atom. The fourth-order valence-corrected chi connectivity index (χ4v) is 3.08. The maximum absolute atomic E-state index is 11.7. The molecular weight excluding hydrogens is 226 g/mol. The van der Waals surface area contributed by atoms with Crippen LogP contribution in [0.2, 0.25) is 0 Å². The molecule has 1 unspecified atom stereocenters. The summed E-state index contributed by atoms with van der Waals surface area (Å²) in [6.45, 7) is 3.28. The predicted octanol–water partition coefficient (Wildman–Crippen LogP) is 0.956. The molecule has 0 radical (unpaired) electrons. The van der Waals surface area contributed by atoms with Gasteiger partial charge < -0.3 is 15.5 Å². The molecule has 2 heterocycles. The number of benzene rings is 1. The van der Waals surface area contributed by atoms with Crippen molar-refractivity contribution in [1.29, 1.82) is 0 Å². The Morgan fingerprint density at radius 3 is 2.94 bits per heavy atom. The number of amides is 1. The van der Waals surface area contributed by atoms with Crippen LogP contribution in [0.25, 0.3) is 0 Å². The molecular formula is C14H19N3O. The van der Waals surface area contributed by atoms with Crippen molar-refractivity contribution >= 4 is 11.6 Å². The Balaban J connectivity index is 1.80. The third-order valence-corrected chi connectivity index (χ3v) is 4.05. The standard InChI is InChI=1S/C14H19N3O/c15-9-11-3-1-2-4-13(11)16-7-8-17-12(10-16)5-6-14(17)18/h1-4,12H,5-10,15H2. The van der Waals surface area contributed by atoms with Gasteiger partial charge in [0.15, 0.2) is 0 Å². The number of nitrogens with zero attached hydrogens (tertiary/aromatic N) is 2. The zero-order valence-electron chi connectivity index (χ0n) is 10.5. The van der Waals surface area contributed by atoms with Crippen LogP contribution in [0.5, 0.6) is 0 Å². The minimum atomic E-state index is 0.326. The molecule has 0 saturated carbocycles. The monoisotopic (exact) mass is 245 g/mol. The van der Waals surface area contributed by atoms with Gasteiger partial charge in [-0.25, -0.2) is 0 Å². The van der Waals surface area contributed by atoms with E-state index in [4.69, 9.17) is 5.73 Å². The molecule has 1 amide bonds. The number of hydrogen-bond acceptors (Lipinski definition) is 3. The van der Waals surface area contributed by atoms with Gasteiger partial charge in [0.25, 0.3) is 0 Å². The van der Waals surface area contributed by atoms with Crippen LogP contribution < -0.4 is 10.6 Å². The van der Waals surface area contributed by atoms with E-state index in [1.54, 1.807) is 0 Å². The van der Waals surface area contributed by atoms with E-state index in [0.717, 1.165) is 32.5 Å². The lowest BCUT2D eigenvalue weighted by atomic mass is 10.1. The Kier molecular flexibility index (Phi) is 2.96. The van der Waals surface area contributed by atoms with E-state index in [1.165, 1.54) is 11.3 Å². The van der Waals surface area contributed by atoms with Crippen molar-refractivity contribution in [2.75, 3.05) is 24.5 Å². The second-order valence-corrected chi connectivity index (χ2v) is 5.06. The lowest BCUT2D eigenvalue weighted by molar-refractivity contribution is -0.129. The normalized spacial score (nSPS) is 23.4. The van der Waals surface area contributed by atoms with Gasteiger partial charge in [0.05, 0.1) is 0 Å². The van der Waals surface area contributed by atoms with Crippen LogP contribution in [-0.2, 0) is 11.3 Å². The molecule has 2 N–H and O–H groups in total. The number of para-hydroxylation sites is 1. The zero-order valence-corrected chi connectivity index (χ0v) is 10.5. The Morgan fingerprint density at radius 1 is 1.28 bits per heavy atom. The summed E-state index contributed by atoms with van der Waals surface area (Å²) in [6.07, 6.45) is 1.72. The molecule has 0 bridgehead atoms. The molecule has 4 heteroatoms. The molecule has 2 fully saturated rings. The molecule has 0 spiro atoms. The molecule has 2 aliphatic heterocycles. The van der Waals surface area contributed by atoms with Crippen molar-refractivity contribution in [3.63, 3.8) is 0 Å². The summed E-state index contributed by atoms with van der Waals surface area (Å²) in [7, 11) is 0. The maximum Gasteiger partial charge on any atom is 0.223 e. The van der Waals surface area contributed by atoms with E-state index in [0.29, 0.717) is 18.5 Å². The van der Waals surface area contributed by atoms with E-state index in [1.807, 2.05) is 11.0 Å². The largest absolute Gasteiger partial charge is 0.367 e. The SMILES string of the molecule is NCc1ccccc1N1CCN2C(=O)CCC2C1. The zero-order chi connectivity index (χ0) is 12.5. The summed E-state index contributed by atoms with van der Waals surface area (Å²) in [6, 6.07) is 8.70. The van der Waals surface area contributed by atoms with Crippen LogP contribution in [0.15, 0.2) is 24.3 Å². The number of nitrogens with two attached hydrogens (primary N) is 1. The quantitative estimate of drug-likeness (QED) is 0.844. The fraction of sp³-hybridized carbons (Fsp3) is 0.500. The molecule has 4 nitrogen and oxygen atoms in total. The average Bonchev–Trinajstić information content (AvgIpc) is 2.80. The van der Waals surface area contributed by atoms with Gasteiger partial charge in [-0.2, -0.15) is 0 Å². The highest BCUT2D eigenvalue weighted by Crippen LogP contribution is 2.28. The molecule has 96 valence electrons. The van der Waals surface area contributed by atoms with Crippen molar-refractivity contribution in [3.8, 4) is 0 Å². The summed E-state index contributed by atoms with van der Waals surface area (Å²) in [4.78, 5) is 16.1. The topological polar surface area (TPSA) is 49.6 Å². The first-order valence-electron chi connectivity index (χ1n) is 6.62. The van der Waals surface area contributed by atoms with Crippen LogP contribution in [0.3, 0.4) is 0 Å². The Hall–Kier alpha value is -1.55. The van der Waals surface area contributed by atoms with Crippen molar-refractivity contribution in [2.45, 2.75) is 25.4 Å². The van der Waals surface area contributed by atoms with Crippen molar-refractivity contribution in [2.24, 2.45) is 5.73 Å². The van der Waals surface area contributed by atoms with Crippen LogP contribution in [-0.4, -0.2) is 36.5 Å². The van der Waals surface area contributed by atoms with Crippen molar-refractivity contribution in [1.82, 2.24) is 4.90 Å². The highest BCUT2D eigenvalue weighted by molar-refractivity contribution is 5.79. The summed E-state index contributed by atoms with van der Waals surface area (Å²) in [5.74, 6) is 0.326. The minimum Gasteiger partial charge on any atom is -0.367 e. The van der Waals surface area contributed by atoms with Gasteiger partial charge in [-0.3, -0.25) is 4.79 Å². The lowest BCUT2D eigenvalue weighted by Gasteiger charge is -2.39. The number of rotatable bonds is 2. The lowest BCUT2D eigenvalue weighted by Crippen LogP contribution is -2.51. The van der Waals surface area contributed by atoms with Crippen LogP contribution in [0, 0.1) is 0 Å². The van der Waals surface area contributed by atoms with Gasteiger partial charge in [-0.15, -0.1) is 0 Å². The third-order valence-electron chi connectivity index (χ3n) is 4.05. The van der Waals surface area contributed by atoms with Gasteiger partial charge >= 0.3 is 0 Å². The number of carbonyl (C=O) groups is 1. The summed E-state index contributed by atoms with van der Waals surface area (Å²) >= 11 is 0. The number of fused-ring (bicyclic) bond motifs is 1.